The number of thiophene rings is 1. The molecule has 0 saturated carbocycles. The van der Waals surface area contributed by atoms with Crippen molar-refractivity contribution >= 4 is 27.2 Å². The van der Waals surface area contributed by atoms with E-state index in [-0.39, 0.29) is 5.56 Å². The van der Waals surface area contributed by atoms with E-state index < -0.39 is 0 Å². The summed E-state index contributed by atoms with van der Waals surface area (Å²) in [5, 5.41) is 0. The van der Waals surface area contributed by atoms with Gasteiger partial charge in [0.05, 0.1) is 5.52 Å². The summed E-state index contributed by atoms with van der Waals surface area (Å²) in [6, 6.07) is 22.9. The minimum atomic E-state index is -0.0192. The van der Waals surface area contributed by atoms with Crippen molar-refractivity contribution in [1.82, 2.24) is 14.9 Å². The SMILES string of the molecule is O=c1[nH]c(CCCCN2CCN(c3ccccc3)CC2)nc2cc(-c3ccccc3)sc12. The maximum Gasteiger partial charge on any atom is 0.268 e. The number of nitrogens with zero attached hydrogens (tertiary/aromatic N) is 3. The summed E-state index contributed by atoms with van der Waals surface area (Å²) in [6.07, 6.45) is 2.96. The molecule has 0 radical (unpaired) electrons. The first-order valence-electron chi connectivity index (χ1n) is 11.4. The smallest absolute Gasteiger partial charge is 0.268 e. The number of fused-ring (bicyclic) bond motifs is 1. The minimum absolute atomic E-state index is 0.0192. The highest BCUT2D eigenvalue weighted by Gasteiger charge is 2.16. The van der Waals surface area contributed by atoms with E-state index in [1.807, 2.05) is 24.3 Å². The zero-order valence-electron chi connectivity index (χ0n) is 18.2. The summed E-state index contributed by atoms with van der Waals surface area (Å²) in [4.78, 5) is 26.4. The molecule has 0 unspecified atom stereocenters. The van der Waals surface area contributed by atoms with Crippen molar-refractivity contribution in [3.8, 4) is 10.4 Å². The molecular weight excluding hydrogens is 416 g/mol. The molecule has 4 aromatic rings. The van der Waals surface area contributed by atoms with Gasteiger partial charge in [0.2, 0.25) is 0 Å². The third-order valence-corrected chi connectivity index (χ3v) is 7.29. The largest absolute Gasteiger partial charge is 0.369 e. The van der Waals surface area contributed by atoms with E-state index >= 15 is 0 Å². The summed E-state index contributed by atoms with van der Waals surface area (Å²) in [7, 11) is 0. The van der Waals surface area contributed by atoms with Crippen LogP contribution in [0.1, 0.15) is 18.7 Å². The molecule has 1 aliphatic rings. The van der Waals surface area contributed by atoms with Gasteiger partial charge in [0.15, 0.2) is 0 Å². The number of unbranched alkanes of at least 4 members (excludes halogenated alkanes) is 1. The van der Waals surface area contributed by atoms with Gasteiger partial charge in [0.25, 0.3) is 5.56 Å². The van der Waals surface area contributed by atoms with Gasteiger partial charge in [-0.15, -0.1) is 11.3 Å². The first-order chi connectivity index (χ1) is 15.8. The Morgan fingerprint density at radius 2 is 1.62 bits per heavy atom. The first kappa shape index (κ1) is 20.9. The standard InChI is InChI=1S/C26H28N4OS/c31-26-25-22(19-23(32-25)20-9-3-1-4-10-20)27-24(28-26)13-7-8-14-29-15-17-30(18-16-29)21-11-5-2-6-12-21/h1-6,9-12,19H,7-8,13-18H2,(H,27,28,31). The molecule has 2 aromatic carbocycles. The van der Waals surface area contributed by atoms with Crippen molar-refractivity contribution < 1.29 is 0 Å². The molecule has 1 fully saturated rings. The summed E-state index contributed by atoms with van der Waals surface area (Å²) in [5.74, 6) is 0.800. The Kier molecular flexibility index (Phi) is 6.32. The normalized spacial score (nSPS) is 14.8. The summed E-state index contributed by atoms with van der Waals surface area (Å²) in [5.41, 5.74) is 3.24. The van der Waals surface area contributed by atoms with E-state index in [0.29, 0.717) is 4.70 Å². The molecule has 164 valence electrons. The molecular formula is C26H28N4OS. The number of rotatable bonds is 7. The number of para-hydroxylation sites is 1. The summed E-state index contributed by atoms with van der Waals surface area (Å²) >= 11 is 1.51. The molecule has 0 spiro atoms. The number of benzene rings is 2. The molecule has 0 bridgehead atoms. The summed E-state index contributed by atoms with van der Waals surface area (Å²) in [6.45, 7) is 5.47. The van der Waals surface area contributed by atoms with Gasteiger partial charge in [0.1, 0.15) is 10.5 Å². The zero-order valence-corrected chi connectivity index (χ0v) is 19.0. The van der Waals surface area contributed by atoms with E-state index in [1.54, 1.807) is 0 Å². The van der Waals surface area contributed by atoms with Crippen LogP contribution < -0.4 is 10.5 Å². The van der Waals surface area contributed by atoms with Gasteiger partial charge in [0, 0.05) is 43.2 Å². The molecule has 1 aliphatic heterocycles. The van der Waals surface area contributed by atoms with Crippen molar-refractivity contribution in [3.05, 3.63) is 82.9 Å². The van der Waals surface area contributed by atoms with Gasteiger partial charge < -0.3 is 9.88 Å². The number of aromatic amines is 1. The Labute approximate surface area is 192 Å². The predicted molar refractivity (Wildman–Crippen MR) is 134 cm³/mol. The van der Waals surface area contributed by atoms with Gasteiger partial charge in [-0.2, -0.15) is 0 Å². The minimum Gasteiger partial charge on any atom is -0.369 e. The average molecular weight is 445 g/mol. The Morgan fingerprint density at radius 1 is 0.906 bits per heavy atom. The van der Waals surface area contributed by atoms with Crippen LogP contribution in [0, 0.1) is 0 Å². The Balaban J connectivity index is 1.13. The molecule has 3 heterocycles. The quantitative estimate of drug-likeness (QED) is 0.416. The van der Waals surface area contributed by atoms with Crippen LogP contribution in [-0.2, 0) is 6.42 Å². The average Bonchev–Trinajstić information content (AvgIpc) is 3.28. The van der Waals surface area contributed by atoms with Crippen molar-refractivity contribution in [3.63, 3.8) is 0 Å². The summed E-state index contributed by atoms with van der Waals surface area (Å²) < 4.78 is 0.712. The lowest BCUT2D eigenvalue weighted by Crippen LogP contribution is -2.46. The molecule has 1 saturated heterocycles. The number of piperazine rings is 1. The van der Waals surface area contributed by atoms with E-state index in [2.05, 4.69) is 57.2 Å². The van der Waals surface area contributed by atoms with Crippen LogP contribution in [0.3, 0.4) is 0 Å². The molecule has 0 amide bonds. The van der Waals surface area contributed by atoms with Crippen molar-refractivity contribution in [1.29, 1.82) is 0 Å². The second-order valence-corrected chi connectivity index (χ2v) is 9.38. The van der Waals surface area contributed by atoms with Gasteiger partial charge in [-0.25, -0.2) is 4.98 Å². The molecule has 5 rings (SSSR count). The third kappa shape index (κ3) is 4.76. The fourth-order valence-corrected chi connectivity index (χ4v) is 5.35. The second-order valence-electron chi connectivity index (χ2n) is 8.33. The lowest BCUT2D eigenvalue weighted by molar-refractivity contribution is 0.253. The zero-order chi connectivity index (χ0) is 21.8. The third-order valence-electron chi connectivity index (χ3n) is 6.12. The van der Waals surface area contributed by atoms with E-state index in [1.165, 1.54) is 17.0 Å². The number of hydrogen-bond donors (Lipinski definition) is 1. The van der Waals surface area contributed by atoms with Crippen molar-refractivity contribution in [2.75, 3.05) is 37.6 Å². The van der Waals surface area contributed by atoms with Crippen LogP contribution in [0.25, 0.3) is 20.7 Å². The maximum atomic E-state index is 12.6. The molecule has 0 aliphatic carbocycles. The number of H-pyrrole nitrogens is 1. The fourth-order valence-electron chi connectivity index (χ4n) is 4.35. The monoisotopic (exact) mass is 444 g/mol. The van der Waals surface area contributed by atoms with E-state index in [0.717, 1.165) is 73.8 Å². The van der Waals surface area contributed by atoms with E-state index in [4.69, 9.17) is 4.98 Å². The molecule has 5 nitrogen and oxygen atoms in total. The van der Waals surface area contributed by atoms with Crippen LogP contribution in [0.15, 0.2) is 71.5 Å². The molecule has 32 heavy (non-hydrogen) atoms. The van der Waals surface area contributed by atoms with Crippen LogP contribution in [0.5, 0.6) is 0 Å². The van der Waals surface area contributed by atoms with Crippen molar-refractivity contribution in [2.45, 2.75) is 19.3 Å². The number of hydrogen-bond acceptors (Lipinski definition) is 5. The fraction of sp³-hybridized carbons (Fsp3) is 0.308. The lowest BCUT2D eigenvalue weighted by Gasteiger charge is -2.36. The predicted octanol–water partition coefficient (Wildman–Crippen LogP) is 4.80. The Morgan fingerprint density at radius 3 is 2.38 bits per heavy atom. The van der Waals surface area contributed by atoms with Crippen LogP contribution in [0.2, 0.25) is 0 Å². The number of anilines is 1. The first-order valence-corrected chi connectivity index (χ1v) is 12.2. The highest BCUT2D eigenvalue weighted by atomic mass is 32.1. The van der Waals surface area contributed by atoms with Gasteiger partial charge in [-0.3, -0.25) is 9.69 Å². The van der Waals surface area contributed by atoms with Gasteiger partial charge in [-0.1, -0.05) is 48.5 Å². The number of nitrogens with one attached hydrogen (secondary N) is 1. The molecule has 6 heteroatoms. The maximum absolute atomic E-state index is 12.6. The number of aryl methyl sites for hydroxylation is 1. The molecule has 1 N–H and O–H groups in total. The topological polar surface area (TPSA) is 52.2 Å². The Hall–Kier alpha value is -2.96. The highest BCUT2D eigenvalue weighted by molar-refractivity contribution is 7.22. The Bertz CT molecular complexity index is 1210. The highest BCUT2D eigenvalue weighted by Crippen LogP contribution is 2.30. The van der Waals surface area contributed by atoms with Crippen molar-refractivity contribution in [2.24, 2.45) is 0 Å². The number of aromatic nitrogens is 2. The molecule has 0 atom stereocenters. The van der Waals surface area contributed by atoms with Gasteiger partial charge in [-0.05, 0) is 43.1 Å². The van der Waals surface area contributed by atoms with E-state index in [9.17, 15) is 4.79 Å². The lowest BCUT2D eigenvalue weighted by atomic mass is 10.2. The van der Waals surface area contributed by atoms with Crippen LogP contribution >= 0.6 is 11.3 Å². The van der Waals surface area contributed by atoms with Crippen LogP contribution in [-0.4, -0.2) is 47.6 Å². The van der Waals surface area contributed by atoms with Crippen LogP contribution in [0.4, 0.5) is 5.69 Å². The second kappa shape index (κ2) is 9.67. The van der Waals surface area contributed by atoms with Gasteiger partial charge >= 0.3 is 0 Å². The molecule has 2 aromatic heterocycles.